The van der Waals surface area contributed by atoms with Crippen molar-refractivity contribution in [3.05, 3.63) is 54.2 Å². The summed E-state index contributed by atoms with van der Waals surface area (Å²) in [6.45, 7) is 0. The Morgan fingerprint density at radius 2 is 1.95 bits per heavy atom. The van der Waals surface area contributed by atoms with Gasteiger partial charge in [0, 0.05) is 6.20 Å². The number of tetrazole rings is 1. The van der Waals surface area contributed by atoms with Crippen LogP contribution in [0.2, 0.25) is 0 Å². The van der Waals surface area contributed by atoms with Crippen LogP contribution in [0.5, 0.6) is 0 Å². The van der Waals surface area contributed by atoms with E-state index in [2.05, 4.69) is 26.6 Å². The molecule has 20 heavy (non-hydrogen) atoms. The van der Waals surface area contributed by atoms with E-state index in [-0.39, 0.29) is 0 Å². The molecule has 0 amide bonds. The molecule has 0 aliphatic rings. The topological polar surface area (TPSA) is 80.3 Å². The first kappa shape index (κ1) is 12.3. The molecule has 2 heterocycles. The van der Waals surface area contributed by atoms with Crippen LogP contribution in [-0.2, 0) is 0 Å². The van der Waals surface area contributed by atoms with E-state index in [1.807, 2.05) is 30.3 Å². The standard InChI is InChI=1S/C13H8N6S/c14-9-10-5-4-8-15-12(10)20-13-16-17-18-19(13)11-6-2-1-3-7-11/h1-8H. The van der Waals surface area contributed by atoms with Crippen LogP contribution in [0.4, 0.5) is 0 Å². The molecular weight excluding hydrogens is 272 g/mol. The van der Waals surface area contributed by atoms with Gasteiger partial charge in [0.25, 0.3) is 0 Å². The van der Waals surface area contributed by atoms with Crippen molar-refractivity contribution in [2.75, 3.05) is 0 Å². The van der Waals surface area contributed by atoms with Gasteiger partial charge in [-0.1, -0.05) is 18.2 Å². The monoisotopic (exact) mass is 280 g/mol. The second kappa shape index (κ2) is 5.50. The minimum Gasteiger partial charge on any atom is -0.248 e. The summed E-state index contributed by atoms with van der Waals surface area (Å²) in [6, 6.07) is 15.1. The van der Waals surface area contributed by atoms with Gasteiger partial charge >= 0.3 is 0 Å². The number of aromatic nitrogens is 5. The van der Waals surface area contributed by atoms with E-state index in [0.717, 1.165) is 5.69 Å². The van der Waals surface area contributed by atoms with E-state index < -0.39 is 0 Å². The van der Waals surface area contributed by atoms with E-state index in [1.165, 1.54) is 11.8 Å². The predicted molar refractivity (Wildman–Crippen MR) is 72.2 cm³/mol. The summed E-state index contributed by atoms with van der Waals surface area (Å²) < 4.78 is 1.61. The highest BCUT2D eigenvalue weighted by Gasteiger charge is 2.13. The SMILES string of the molecule is N#Cc1cccnc1Sc1nnnn1-c1ccccc1. The molecular formula is C13H8N6S. The first-order valence-electron chi connectivity index (χ1n) is 5.75. The lowest BCUT2D eigenvalue weighted by molar-refractivity contribution is 0.756. The Balaban J connectivity index is 1.98. The first-order chi connectivity index (χ1) is 9.88. The minimum atomic E-state index is 0.500. The van der Waals surface area contributed by atoms with Gasteiger partial charge in [0.15, 0.2) is 0 Å². The molecule has 0 radical (unpaired) electrons. The summed E-state index contributed by atoms with van der Waals surface area (Å²) in [5, 5.41) is 21.8. The zero-order chi connectivity index (χ0) is 13.8. The zero-order valence-electron chi connectivity index (χ0n) is 10.2. The van der Waals surface area contributed by atoms with Gasteiger partial charge in [-0.05, 0) is 46.5 Å². The van der Waals surface area contributed by atoms with Gasteiger partial charge in [-0.2, -0.15) is 9.94 Å². The van der Waals surface area contributed by atoms with Gasteiger partial charge in [0.05, 0.1) is 11.3 Å². The molecule has 0 saturated carbocycles. The Morgan fingerprint density at radius 1 is 1.10 bits per heavy atom. The summed E-state index contributed by atoms with van der Waals surface area (Å²) in [5.74, 6) is 0. The normalized spacial score (nSPS) is 10.2. The van der Waals surface area contributed by atoms with Crippen LogP contribution >= 0.6 is 11.8 Å². The molecule has 3 rings (SSSR count). The van der Waals surface area contributed by atoms with Crippen molar-refractivity contribution >= 4 is 11.8 Å². The molecule has 0 fully saturated rings. The number of para-hydroxylation sites is 1. The molecule has 0 saturated heterocycles. The zero-order valence-corrected chi connectivity index (χ0v) is 11.0. The lowest BCUT2D eigenvalue weighted by Gasteiger charge is -2.04. The molecule has 0 spiro atoms. The van der Waals surface area contributed by atoms with Gasteiger partial charge < -0.3 is 0 Å². The first-order valence-corrected chi connectivity index (χ1v) is 6.57. The Labute approximate surface area is 119 Å². The maximum atomic E-state index is 9.07. The van der Waals surface area contributed by atoms with Crippen molar-refractivity contribution in [1.29, 1.82) is 5.26 Å². The van der Waals surface area contributed by atoms with Crippen LogP contribution < -0.4 is 0 Å². The van der Waals surface area contributed by atoms with Crippen molar-refractivity contribution < 1.29 is 0 Å². The Kier molecular flexibility index (Phi) is 3.39. The van der Waals surface area contributed by atoms with Gasteiger partial charge in [-0.3, -0.25) is 0 Å². The third kappa shape index (κ3) is 2.37. The van der Waals surface area contributed by atoms with Crippen LogP contribution in [0.3, 0.4) is 0 Å². The summed E-state index contributed by atoms with van der Waals surface area (Å²) in [6.07, 6.45) is 1.64. The van der Waals surface area contributed by atoms with Crippen molar-refractivity contribution in [3.8, 4) is 11.8 Å². The smallest absolute Gasteiger partial charge is 0.220 e. The van der Waals surface area contributed by atoms with Crippen molar-refractivity contribution in [1.82, 2.24) is 25.2 Å². The van der Waals surface area contributed by atoms with E-state index in [4.69, 9.17) is 5.26 Å². The molecule has 0 bridgehead atoms. The van der Waals surface area contributed by atoms with Crippen LogP contribution in [0.15, 0.2) is 58.8 Å². The third-order valence-corrected chi connectivity index (χ3v) is 3.48. The van der Waals surface area contributed by atoms with Crippen LogP contribution in [-0.4, -0.2) is 25.2 Å². The molecule has 0 aliphatic carbocycles. The van der Waals surface area contributed by atoms with E-state index in [9.17, 15) is 0 Å². The second-order valence-electron chi connectivity index (χ2n) is 3.78. The molecule has 3 aromatic rings. The van der Waals surface area contributed by atoms with Gasteiger partial charge in [-0.25, -0.2) is 4.98 Å². The van der Waals surface area contributed by atoms with Crippen molar-refractivity contribution in [2.24, 2.45) is 0 Å². The number of benzene rings is 1. The quantitative estimate of drug-likeness (QED) is 0.730. The summed E-state index contributed by atoms with van der Waals surface area (Å²) in [4.78, 5) is 4.19. The van der Waals surface area contributed by atoms with Crippen molar-refractivity contribution in [2.45, 2.75) is 10.2 Å². The average Bonchev–Trinajstić information content (AvgIpc) is 2.97. The van der Waals surface area contributed by atoms with Gasteiger partial charge in [-0.15, -0.1) is 5.10 Å². The lowest BCUT2D eigenvalue weighted by Crippen LogP contribution is -1.99. The second-order valence-corrected chi connectivity index (χ2v) is 4.73. The lowest BCUT2D eigenvalue weighted by atomic mass is 10.3. The molecule has 0 N–H and O–H groups in total. The van der Waals surface area contributed by atoms with Crippen LogP contribution in [0.25, 0.3) is 5.69 Å². The van der Waals surface area contributed by atoms with Crippen LogP contribution in [0, 0.1) is 11.3 Å². The summed E-state index contributed by atoms with van der Waals surface area (Å²) >= 11 is 1.26. The van der Waals surface area contributed by atoms with Gasteiger partial charge in [0.1, 0.15) is 11.1 Å². The largest absolute Gasteiger partial charge is 0.248 e. The fourth-order valence-corrected chi connectivity index (χ4v) is 2.43. The molecule has 0 aliphatic heterocycles. The predicted octanol–water partition coefficient (Wildman–Crippen LogP) is 2.08. The number of nitrogens with zero attached hydrogens (tertiary/aromatic N) is 6. The van der Waals surface area contributed by atoms with E-state index >= 15 is 0 Å². The molecule has 6 nitrogen and oxygen atoms in total. The highest BCUT2D eigenvalue weighted by Crippen LogP contribution is 2.27. The number of pyridine rings is 1. The maximum absolute atomic E-state index is 9.07. The van der Waals surface area contributed by atoms with E-state index in [0.29, 0.717) is 15.7 Å². The molecule has 2 aromatic heterocycles. The third-order valence-electron chi connectivity index (χ3n) is 2.52. The van der Waals surface area contributed by atoms with Crippen LogP contribution in [0.1, 0.15) is 5.56 Å². The highest BCUT2D eigenvalue weighted by molar-refractivity contribution is 7.99. The molecule has 96 valence electrons. The van der Waals surface area contributed by atoms with E-state index in [1.54, 1.807) is 23.0 Å². The van der Waals surface area contributed by atoms with Gasteiger partial charge in [0.2, 0.25) is 5.16 Å². The number of hydrogen-bond donors (Lipinski definition) is 0. The van der Waals surface area contributed by atoms with Crippen molar-refractivity contribution in [3.63, 3.8) is 0 Å². The Morgan fingerprint density at radius 3 is 2.75 bits per heavy atom. The number of nitriles is 1. The summed E-state index contributed by atoms with van der Waals surface area (Å²) in [7, 11) is 0. The minimum absolute atomic E-state index is 0.500. The Hall–Kier alpha value is -2.72. The molecule has 7 heteroatoms. The molecule has 1 aromatic carbocycles. The number of rotatable bonds is 3. The maximum Gasteiger partial charge on any atom is 0.220 e. The Bertz CT molecular complexity index is 762. The average molecular weight is 280 g/mol. The fraction of sp³-hybridized carbons (Fsp3) is 0. The highest BCUT2D eigenvalue weighted by atomic mass is 32.2. The number of hydrogen-bond acceptors (Lipinski definition) is 6. The summed E-state index contributed by atoms with van der Waals surface area (Å²) in [5.41, 5.74) is 1.36. The fourth-order valence-electron chi connectivity index (χ4n) is 1.62. The molecule has 0 atom stereocenters. The molecule has 0 unspecified atom stereocenters.